The molecule has 2 atom stereocenters. The molecule has 1 aliphatic rings. The summed E-state index contributed by atoms with van der Waals surface area (Å²) in [6, 6.07) is 2.02. The van der Waals surface area contributed by atoms with Crippen molar-refractivity contribution in [3.05, 3.63) is 65.7 Å². The number of nitrogens with one attached hydrogen (secondary N) is 1. The van der Waals surface area contributed by atoms with Crippen LogP contribution in [-0.4, -0.2) is 32.0 Å². The van der Waals surface area contributed by atoms with Gasteiger partial charge in [0.05, 0.1) is 12.5 Å². The summed E-state index contributed by atoms with van der Waals surface area (Å²) in [5, 5.41) is 13.4. The number of ether oxygens (including phenoxy) is 1. The van der Waals surface area contributed by atoms with Gasteiger partial charge in [-0.3, -0.25) is 0 Å². The first-order valence-corrected chi connectivity index (χ1v) is 9.51. The number of hydrogen-bond acceptors (Lipinski definition) is 3. The van der Waals surface area contributed by atoms with Crippen LogP contribution in [0.2, 0.25) is 0 Å². The number of pyridine rings is 1. The van der Waals surface area contributed by atoms with Crippen LogP contribution >= 0.6 is 0 Å². The van der Waals surface area contributed by atoms with E-state index in [2.05, 4.69) is 62.7 Å². The van der Waals surface area contributed by atoms with E-state index in [1.807, 2.05) is 6.08 Å². The van der Waals surface area contributed by atoms with Gasteiger partial charge < -0.3 is 15.2 Å². The van der Waals surface area contributed by atoms with Crippen LogP contribution in [0.1, 0.15) is 43.1 Å². The molecule has 2 rings (SSSR count). The molecule has 0 radical (unpaired) electrons. The number of aliphatic hydroxyl groups is 1. The van der Waals surface area contributed by atoms with Gasteiger partial charge in [-0.25, -0.2) is 0 Å². The lowest BCUT2D eigenvalue weighted by molar-refractivity contribution is -0.725. The molecular weight excluding hydrogens is 336 g/mol. The molecule has 0 aliphatic carbocycles. The second-order valence-electron chi connectivity index (χ2n) is 7.05. The largest absolute Gasteiger partial charge is 0.392 e. The summed E-state index contributed by atoms with van der Waals surface area (Å²) in [7, 11) is 1.72. The third-order valence-corrected chi connectivity index (χ3v) is 5.44. The maximum atomic E-state index is 9.91. The number of rotatable bonds is 8. The van der Waals surface area contributed by atoms with Gasteiger partial charge in [0.15, 0.2) is 12.2 Å². The molecule has 0 fully saturated rings. The molecule has 2 N–H and O–H groups in total. The van der Waals surface area contributed by atoms with Crippen molar-refractivity contribution >= 4 is 11.6 Å². The van der Waals surface area contributed by atoms with Gasteiger partial charge in [0, 0.05) is 48.7 Å². The topological polar surface area (TPSA) is 45.4 Å². The van der Waals surface area contributed by atoms with E-state index in [1.165, 1.54) is 5.57 Å². The Kier molecular flexibility index (Phi) is 7.17. The van der Waals surface area contributed by atoms with Gasteiger partial charge >= 0.3 is 0 Å². The Labute approximate surface area is 163 Å². The molecule has 1 aromatic rings. The average molecular weight is 370 g/mol. The van der Waals surface area contributed by atoms with E-state index in [9.17, 15) is 5.11 Å². The van der Waals surface area contributed by atoms with Crippen molar-refractivity contribution in [3.63, 3.8) is 0 Å². The van der Waals surface area contributed by atoms with Crippen LogP contribution in [0, 0.1) is 12.8 Å². The molecule has 2 unspecified atom stereocenters. The first kappa shape index (κ1) is 21.1. The van der Waals surface area contributed by atoms with E-state index in [4.69, 9.17) is 4.74 Å². The molecular formula is C23H33N2O2+. The minimum Gasteiger partial charge on any atom is -0.392 e. The zero-order valence-corrected chi connectivity index (χ0v) is 17.1. The van der Waals surface area contributed by atoms with Crippen molar-refractivity contribution in [3.8, 4) is 0 Å². The molecule has 4 heteroatoms. The molecule has 0 bridgehead atoms. The first-order chi connectivity index (χ1) is 12.9. The van der Waals surface area contributed by atoms with Crippen LogP contribution < -0.4 is 9.88 Å². The highest BCUT2D eigenvalue weighted by Crippen LogP contribution is 2.43. The molecule has 0 spiro atoms. The Hall–Kier alpha value is -2.17. The monoisotopic (exact) mass is 369 g/mol. The summed E-state index contributed by atoms with van der Waals surface area (Å²) < 4.78 is 7.60. The SMILES string of the molecule is C=Cc1cc[n+]2c(c1C)C(=C)/C(=C(\C)NCC)C(CCOC)C2C(=C)CO. The van der Waals surface area contributed by atoms with Gasteiger partial charge in [0.1, 0.15) is 0 Å². The number of aromatic nitrogens is 1. The van der Waals surface area contributed by atoms with Gasteiger partial charge in [-0.15, -0.1) is 0 Å². The summed E-state index contributed by atoms with van der Waals surface area (Å²) >= 11 is 0. The van der Waals surface area contributed by atoms with Crippen LogP contribution in [0.25, 0.3) is 11.6 Å². The highest BCUT2D eigenvalue weighted by atomic mass is 16.5. The molecule has 1 aromatic heterocycles. The molecule has 0 aromatic carbocycles. The molecule has 146 valence electrons. The summed E-state index contributed by atoms with van der Waals surface area (Å²) in [4.78, 5) is 0. The van der Waals surface area contributed by atoms with E-state index in [0.717, 1.165) is 46.6 Å². The van der Waals surface area contributed by atoms with Crippen LogP contribution in [-0.2, 0) is 4.74 Å². The highest BCUT2D eigenvalue weighted by molar-refractivity contribution is 5.79. The lowest BCUT2D eigenvalue weighted by atomic mass is 9.75. The molecule has 4 nitrogen and oxygen atoms in total. The van der Waals surface area contributed by atoms with Crippen LogP contribution in [0.5, 0.6) is 0 Å². The fourth-order valence-electron chi connectivity index (χ4n) is 4.22. The number of hydrogen-bond donors (Lipinski definition) is 2. The van der Waals surface area contributed by atoms with E-state index in [1.54, 1.807) is 7.11 Å². The first-order valence-electron chi connectivity index (χ1n) is 9.51. The summed E-state index contributed by atoms with van der Waals surface area (Å²) in [5.74, 6) is 0.127. The fraction of sp³-hybridized carbons (Fsp3) is 0.435. The smallest absolute Gasteiger partial charge is 0.216 e. The van der Waals surface area contributed by atoms with Crippen molar-refractivity contribution < 1.29 is 14.4 Å². The Balaban J connectivity index is 2.80. The lowest BCUT2D eigenvalue weighted by Gasteiger charge is -2.34. The lowest BCUT2D eigenvalue weighted by Crippen LogP contribution is -2.52. The average Bonchev–Trinajstić information content (AvgIpc) is 2.65. The number of allylic oxidation sites excluding steroid dienone is 3. The van der Waals surface area contributed by atoms with Crippen molar-refractivity contribution in [2.24, 2.45) is 5.92 Å². The van der Waals surface area contributed by atoms with Gasteiger partial charge in [0.25, 0.3) is 0 Å². The molecule has 2 heterocycles. The molecule has 0 saturated heterocycles. The maximum absolute atomic E-state index is 9.91. The van der Waals surface area contributed by atoms with Crippen LogP contribution in [0.3, 0.4) is 0 Å². The summed E-state index contributed by atoms with van der Waals surface area (Å²) in [5.41, 5.74) is 7.42. The number of fused-ring (bicyclic) bond motifs is 1. The Bertz CT molecular complexity index is 777. The summed E-state index contributed by atoms with van der Waals surface area (Å²) in [6.07, 6.45) is 4.76. The number of methoxy groups -OCH3 is 1. The van der Waals surface area contributed by atoms with Crippen molar-refractivity contribution in [1.82, 2.24) is 5.32 Å². The third kappa shape index (κ3) is 3.92. The highest BCUT2D eigenvalue weighted by Gasteiger charge is 2.44. The molecule has 0 saturated carbocycles. The summed E-state index contributed by atoms with van der Waals surface area (Å²) in [6.45, 7) is 20.3. The Morgan fingerprint density at radius 1 is 1.44 bits per heavy atom. The predicted molar refractivity (Wildman–Crippen MR) is 112 cm³/mol. The van der Waals surface area contributed by atoms with Crippen molar-refractivity contribution in [2.75, 3.05) is 26.9 Å². The standard InChI is InChI=1S/C23H33N2O2/c1-8-19-10-12-25-22(15(3)14-26)20(11-13-27-7)21(18(6)24-9-2)17(5)23(25)16(19)4/h8,10,12,20,22,24,26H,1,3,5,9,11,13-14H2,2,4,6-7H3/q+1/b21-18-. The Morgan fingerprint density at radius 3 is 2.70 bits per heavy atom. The zero-order valence-electron chi connectivity index (χ0n) is 17.1. The van der Waals surface area contributed by atoms with E-state index >= 15 is 0 Å². The van der Waals surface area contributed by atoms with Gasteiger partial charge in [-0.05, 0) is 38.3 Å². The van der Waals surface area contributed by atoms with Crippen LogP contribution in [0.4, 0.5) is 0 Å². The van der Waals surface area contributed by atoms with E-state index < -0.39 is 0 Å². The predicted octanol–water partition coefficient (Wildman–Crippen LogP) is 3.58. The minimum absolute atomic E-state index is 0.0492. The van der Waals surface area contributed by atoms with Gasteiger partial charge in [-0.2, -0.15) is 4.57 Å². The number of nitrogens with zero attached hydrogens (tertiary/aromatic N) is 1. The van der Waals surface area contributed by atoms with E-state index in [0.29, 0.717) is 6.61 Å². The Morgan fingerprint density at radius 2 is 2.15 bits per heavy atom. The third-order valence-electron chi connectivity index (χ3n) is 5.44. The van der Waals surface area contributed by atoms with Crippen molar-refractivity contribution in [1.29, 1.82) is 0 Å². The molecule has 1 aliphatic heterocycles. The quantitative estimate of drug-likeness (QED) is 0.544. The fourth-order valence-corrected chi connectivity index (χ4v) is 4.22. The zero-order chi connectivity index (χ0) is 20.1. The second-order valence-corrected chi connectivity index (χ2v) is 7.05. The van der Waals surface area contributed by atoms with Gasteiger partial charge in [-0.1, -0.05) is 25.8 Å². The normalized spacial score (nSPS) is 20.9. The number of aliphatic hydroxyl groups excluding tert-OH is 1. The van der Waals surface area contributed by atoms with Crippen LogP contribution in [0.15, 0.2) is 48.8 Å². The van der Waals surface area contributed by atoms with Gasteiger partial charge in [0.2, 0.25) is 5.69 Å². The minimum atomic E-state index is -0.0527. The second kappa shape index (κ2) is 9.16. The van der Waals surface area contributed by atoms with Crippen molar-refractivity contribution in [2.45, 2.75) is 33.2 Å². The maximum Gasteiger partial charge on any atom is 0.216 e. The van der Waals surface area contributed by atoms with E-state index in [-0.39, 0.29) is 18.6 Å². The molecule has 27 heavy (non-hydrogen) atoms. The molecule has 0 amide bonds.